The van der Waals surface area contributed by atoms with Crippen molar-refractivity contribution in [3.8, 4) is 22.9 Å². The van der Waals surface area contributed by atoms with E-state index in [0.717, 1.165) is 5.75 Å². The van der Waals surface area contributed by atoms with Crippen LogP contribution in [0.15, 0.2) is 53.7 Å². The molecule has 0 spiro atoms. The zero-order valence-electron chi connectivity index (χ0n) is 16.1. The summed E-state index contributed by atoms with van der Waals surface area (Å²) in [6.45, 7) is 0.794. The summed E-state index contributed by atoms with van der Waals surface area (Å²) in [5.74, 6) is 2.02. The quantitative estimate of drug-likeness (QED) is 0.396. The van der Waals surface area contributed by atoms with Gasteiger partial charge in [-0.3, -0.25) is 4.79 Å². The van der Waals surface area contributed by atoms with Crippen LogP contribution >= 0.6 is 11.8 Å². The third-order valence-corrected chi connectivity index (χ3v) is 4.74. The van der Waals surface area contributed by atoms with E-state index in [4.69, 9.17) is 14.2 Å². The molecule has 3 aromatic rings. The molecule has 0 radical (unpaired) electrons. The minimum Gasteiger partial charge on any atom is -0.497 e. The van der Waals surface area contributed by atoms with Gasteiger partial charge in [0, 0.05) is 6.07 Å². The predicted octanol–water partition coefficient (Wildman–Crippen LogP) is 1.97. The van der Waals surface area contributed by atoms with Crippen LogP contribution in [-0.4, -0.2) is 59.2 Å². The van der Waals surface area contributed by atoms with Crippen LogP contribution in [0.3, 0.4) is 0 Å². The van der Waals surface area contributed by atoms with Gasteiger partial charge in [-0.1, -0.05) is 30.0 Å². The molecule has 0 aliphatic carbocycles. The summed E-state index contributed by atoms with van der Waals surface area (Å²) in [5.41, 5.74) is 0.621. The second-order valence-electron chi connectivity index (χ2n) is 5.71. The largest absolute Gasteiger partial charge is 0.497 e. The van der Waals surface area contributed by atoms with Crippen molar-refractivity contribution in [1.82, 2.24) is 25.5 Å². The SMILES string of the molecule is COc1ccc(OC)c(-n2nnnc2SCC(=O)NCCOc2ccccc2)c1. The van der Waals surface area contributed by atoms with E-state index < -0.39 is 0 Å². The first kappa shape index (κ1) is 20.5. The Morgan fingerprint density at radius 1 is 1.10 bits per heavy atom. The van der Waals surface area contributed by atoms with Crippen molar-refractivity contribution in [2.24, 2.45) is 0 Å². The number of methoxy groups -OCH3 is 2. The molecule has 152 valence electrons. The molecule has 1 aromatic heterocycles. The van der Waals surface area contributed by atoms with Crippen molar-refractivity contribution in [2.75, 3.05) is 33.1 Å². The van der Waals surface area contributed by atoms with E-state index in [1.54, 1.807) is 32.4 Å². The fraction of sp³-hybridized carbons (Fsp3) is 0.263. The van der Waals surface area contributed by atoms with Crippen molar-refractivity contribution >= 4 is 17.7 Å². The molecule has 0 fully saturated rings. The van der Waals surface area contributed by atoms with Gasteiger partial charge < -0.3 is 19.5 Å². The summed E-state index contributed by atoms with van der Waals surface area (Å²) in [6, 6.07) is 14.8. The van der Waals surface area contributed by atoms with E-state index in [-0.39, 0.29) is 11.7 Å². The van der Waals surface area contributed by atoms with Crippen molar-refractivity contribution in [3.63, 3.8) is 0 Å². The number of hydrogen-bond acceptors (Lipinski definition) is 8. The highest BCUT2D eigenvalue weighted by atomic mass is 32.2. The molecular weight excluding hydrogens is 394 g/mol. The summed E-state index contributed by atoms with van der Waals surface area (Å²) in [7, 11) is 3.14. The average Bonchev–Trinajstić information content (AvgIpc) is 3.24. The molecular formula is C19H21N5O4S. The molecule has 1 N–H and O–H groups in total. The van der Waals surface area contributed by atoms with Gasteiger partial charge in [0.2, 0.25) is 11.1 Å². The number of amides is 1. The third-order valence-electron chi connectivity index (χ3n) is 3.82. The van der Waals surface area contributed by atoms with Gasteiger partial charge >= 0.3 is 0 Å². The molecule has 0 bridgehead atoms. The summed E-state index contributed by atoms with van der Waals surface area (Å²) in [4.78, 5) is 12.1. The van der Waals surface area contributed by atoms with Gasteiger partial charge in [-0.25, -0.2) is 0 Å². The molecule has 0 saturated carbocycles. The number of nitrogens with one attached hydrogen (secondary N) is 1. The molecule has 3 rings (SSSR count). The van der Waals surface area contributed by atoms with Crippen LogP contribution in [0.25, 0.3) is 5.69 Å². The lowest BCUT2D eigenvalue weighted by Gasteiger charge is -2.11. The first-order chi connectivity index (χ1) is 14.2. The molecule has 0 saturated heterocycles. The van der Waals surface area contributed by atoms with E-state index >= 15 is 0 Å². The van der Waals surface area contributed by atoms with Gasteiger partial charge in [-0.15, -0.1) is 5.10 Å². The highest BCUT2D eigenvalue weighted by Gasteiger charge is 2.16. The number of carbonyl (C=O) groups excluding carboxylic acids is 1. The molecule has 2 aromatic carbocycles. The molecule has 0 aliphatic heterocycles. The maximum Gasteiger partial charge on any atom is 0.230 e. The highest BCUT2D eigenvalue weighted by molar-refractivity contribution is 7.99. The maximum atomic E-state index is 12.1. The van der Waals surface area contributed by atoms with E-state index in [1.165, 1.54) is 16.4 Å². The summed E-state index contributed by atoms with van der Waals surface area (Å²) in [6.07, 6.45) is 0. The van der Waals surface area contributed by atoms with E-state index in [9.17, 15) is 4.79 Å². The topological polar surface area (TPSA) is 100 Å². The number of carbonyl (C=O) groups is 1. The summed E-state index contributed by atoms with van der Waals surface area (Å²) in [5, 5.41) is 15.0. The van der Waals surface area contributed by atoms with Crippen LogP contribution in [0, 0.1) is 0 Å². The molecule has 1 heterocycles. The summed E-state index contributed by atoms with van der Waals surface area (Å²) < 4.78 is 17.7. The monoisotopic (exact) mass is 415 g/mol. The molecule has 0 aliphatic rings. The smallest absolute Gasteiger partial charge is 0.230 e. The van der Waals surface area contributed by atoms with Gasteiger partial charge in [-0.2, -0.15) is 4.68 Å². The number of hydrogen-bond donors (Lipinski definition) is 1. The van der Waals surface area contributed by atoms with E-state index in [0.29, 0.717) is 35.5 Å². The van der Waals surface area contributed by atoms with Gasteiger partial charge in [0.05, 0.1) is 26.5 Å². The number of ether oxygens (including phenoxy) is 3. The minimum atomic E-state index is -0.140. The lowest BCUT2D eigenvalue weighted by molar-refractivity contribution is -0.118. The summed E-state index contributed by atoms with van der Waals surface area (Å²) >= 11 is 1.22. The van der Waals surface area contributed by atoms with Crippen LogP contribution in [0.5, 0.6) is 17.2 Å². The fourth-order valence-corrected chi connectivity index (χ4v) is 3.15. The normalized spacial score (nSPS) is 10.4. The van der Waals surface area contributed by atoms with Gasteiger partial charge in [0.1, 0.15) is 29.5 Å². The zero-order chi connectivity index (χ0) is 20.5. The number of rotatable bonds is 10. The van der Waals surface area contributed by atoms with Crippen LogP contribution in [0.1, 0.15) is 0 Å². The van der Waals surface area contributed by atoms with Gasteiger partial charge in [0.25, 0.3) is 0 Å². The van der Waals surface area contributed by atoms with Gasteiger partial charge in [-0.05, 0) is 34.7 Å². The standard InChI is InChI=1S/C19H21N5O4S/c1-26-15-8-9-17(27-2)16(12-15)24-19(21-22-23-24)29-13-18(25)20-10-11-28-14-6-4-3-5-7-14/h3-9,12H,10-11,13H2,1-2H3,(H,20,25). The first-order valence-corrected chi connectivity index (χ1v) is 9.78. The Hall–Kier alpha value is -3.27. The predicted molar refractivity (Wildman–Crippen MR) is 108 cm³/mol. The van der Waals surface area contributed by atoms with Crippen LogP contribution < -0.4 is 19.5 Å². The Kier molecular flexibility index (Phi) is 7.28. The molecule has 0 unspecified atom stereocenters. The second kappa shape index (κ2) is 10.3. The first-order valence-electron chi connectivity index (χ1n) is 8.79. The van der Waals surface area contributed by atoms with Crippen molar-refractivity contribution < 1.29 is 19.0 Å². The zero-order valence-corrected chi connectivity index (χ0v) is 16.9. The number of thioether (sulfide) groups is 1. The Balaban J connectivity index is 1.53. The molecule has 1 amide bonds. The van der Waals surface area contributed by atoms with E-state index in [1.807, 2.05) is 30.3 Å². The molecule has 29 heavy (non-hydrogen) atoms. The number of nitrogens with zero attached hydrogens (tertiary/aromatic N) is 4. The third kappa shape index (κ3) is 5.61. The minimum absolute atomic E-state index is 0.140. The van der Waals surface area contributed by atoms with Crippen molar-refractivity contribution in [3.05, 3.63) is 48.5 Å². The number of aromatic nitrogens is 4. The van der Waals surface area contributed by atoms with Crippen molar-refractivity contribution in [1.29, 1.82) is 0 Å². The maximum absolute atomic E-state index is 12.1. The average molecular weight is 415 g/mol. The Morgan fingerprint density at radius 3 is 2.69 bits per heavy atom. The Morgan fingerprint density at radius 2 is 1.93 bits per heavy atom. The van der Waals surface area contributed by atoms with Crippen LogP contribution in [0.2, 0.25) is 0 Å². The number of benzene rings is 2. The fourth-order valence-electron chi connectivity index (χ4n) is 2.44. The number of para-hydroxylation sites is 1. The lowest BCUT2D eigenvalue weighted by atomic mass is 10.3. The number of tetrazole rings is 1. The van der Waals surface area contributed by atoms with Gasteiger partial charge in [0.15, 0.2) is 0 Å². The molecule has 9 nitrogen and oxygen atoms in total. The van der Waals surface area contributed by atoms with Crippen LogP contribution in [-0.2, 0) is 4.79 Å². The molecule has 10 heteroatoms. The van der Waals surface area contributed by atoms with E-state index in [2.05, 4.69) is 20.8 Å². The van der Waals surface area contributed by atoms with Crippen LogP contribution in [0.4, 0.5) is 0 Å². The van der Waals surface area contributed by atoms with Crippen molar-refractivity contribution in [2.45, 2.75) is 5.16 Å². The highest BCUT2D eigenvalue weighted by Crippen LogP contribution is 2.29. The Labute approximate surface area is 172 Å². The molecule has 0 atom stereocenters. The second-order valence-corrected chi connectivity index (χ2v) is 6.65. The Bertz CT molecular complexity index is 935. The lowest BCUT2D eigenvalue weighted by Crippen LogP contribution is -2.29.